The first-order valence-electron chi connectivity index (χ1n) is 3.45. The lowest BCUT2D eigenvalue weighted by Gasteiger charge is -2.05. The van der Waals surface area contributed by atoms with Crippen molar-refractivity contribution in [2.24, 2.45) is 0 Å². The Bertz CT molecular complexity index is 365. The molecule has 1 unspecified atom stereocenters. The maximum atomic E-state index is 11.4. The van der Waals surface area contributed by atoms with Crippen LogP contribution >= 0.6 is 15.9 Å². The molecule has 0 saturated carbocycles. The molecule has 0 radical (unpaired) electrons. The van der Waals surface area contributed by atoms with Crippen molar-refractivity contribution in [3.8, 4) is 0 Å². The van der Waals surface area contributed by atoms with Gasteiger partial charge in [0.15, 0.2) is 5.78 Å². The van der Waals surface area contributed by atoms with Crippen molar-refractivity contribution < 1.29 is 9.55 Å². The molecule has 1 aliphatic heterocycles. The number of alkyl halides is 1. The van der Waals surface area contributed by atoms with Crippen LogP contribution in [0, 0.1) is 4.91 Å². The van der Waals surface area contributed by atoms with Crippen LogP contribution in [0.15, 0.2) is 35.7 Å². The number of rotatable bonds is 0. The smallest absolute Gasteiger partial charge is 0.273 e. The molecule has 0 bridgehead atoms. The van der Waals surface area contributed by atoms with Crippen molar-refractivity contribution in [3.63, 3.8) is 0 Å². The molecule has 0 spiro atoms. The molecule has 0 aromatic heterocycles. The zero-order valence-electron chi connectivity index (χ0n) is 6.03. The zero-order chi connectivity index (χ0) is 8.72. The number of carbonyl (C=O) groups is 1. The van der Waals surface area contributed by atoms with Crippen molar-refractivity contribution in [3.05, 3.63) is 40.6 Å². The van der Waals surface area contributed by atoms with Crippen LogP contribution in [0.4, 0.5) is 0 Å². The van der Waals surface area contributed by atoms with Gasteiger partial charge < -0.3 is 0 Å². The summed E-state index contributed by atoms with van der Waals surface area (Å²) in [7, 11) is 0. The number of hydrogen-bond donors (Lipinski definition) is 0. The van der Waals surface area contributed by atoms with Crippen LogP contribution in [0.3, 0.4) is 0 Å². The minimum atomic E-state index is -0.285. The summed E-state index contributed by atoms with van der Waals surface area (Å²) in [6.07, 6.45) is 6.21. The second-order valence-electron chi connectivity index (χ2n) is 2.57. The van der Waals surface area contributed by atoms with Gasteiger partial charge in [-0.05, 0) is 0 Å². The number of halogens is 1. The van der Waals surface area contributed by atoms with Gasteiger partial charge in [0, 0.05) is 17.1 Å². The van der Waals surface area contributed by atoms with Crippen LogP contribution in [-0.2, 0) is 4.79 Å². The summed E-state index contributed by atoms with van der Waals surface area (Å²) in [4.78, 5) is 22.1. The maximum Gasteiger partial charge on any atom is 0.273 e. The normalized spacial score (nSPS) is 26.9. The molecule has 0 N–H and O–H groups in total. The average molecular weight is 227 g/mol. The van der Waals surface area contributed by atoms with Gasteiger partial charge in [0.1, 0.15) is 5.57 Å². The van der Waals surface area contributed by atoms with Crippen LogP contribution in [0.5, 0.6) is 0 Å². The van der Waals surface area contributed by atoms with Crippen LogP contribution < -0.4 is 0 Å². The van der Waals surface area contributed by atoms with E-state index in [1.165, 1.54) is 6.20 Å². The minimum Gasteiger partial charge on any atom is -0.292 e. The van der Waals surface area contributed by atoms with E-state index < -0.39 is 0 Å². The number of nitrogens with zero attached hydrogens (tertiary/aromatic N) is 1. The summed E-state index contributed by atoms with van der Waals surface area (Å²) < 4.78 is 0.697. The predicted octanol–water partition coefficient (Wildman–Crippen LogP) is 1.45. The van der Waals surface area contributed by atoms with E-state index in [-0.39, 0.29) is 10.6 Å². The fourth-order valence-corrected chi connectivity index (χ4v) is 1.61. The van der Waals surface area contributed by atoms with Gasteiger partial charge in [0.25, 0.3) is 5.70 Å². The van der Waals surface area contributed by atoms with E-state index in [0.29, 0.717) is 16.0 Å². The van der Waals surface area contributed by atoms with E-state index in [4.69, 9.17) is 0 Å². The summed E-state index contributed by atoms with van der Waals surface area (Å²) in [6.45, 7) is 0. The first-order chi connectivity index (χ1) is 5.70. The largest absolute Gasteiger partial charge is 0.292 e. The molecule has 12 heavy (non-hydrogen) atoms. The van der Waals surface area contributed by atoms with E-state index >= 15 is 0 Å². The Labute approximate surface area is 77.1 Å². The van der Waals surface area contributed by atoms with Gasteiger partial charge in [-0.25, -0.2) is 0 Å². The number of Topliss-reactive ketones (excluding diaryl/α,β-unsaturated/α-hetero) is 1. The topological polar surface area (TPSA) is 37.1 Å². The van der Waals surface area contributed by atoms with Gasteiger partial charge in [-0.3, -0.25) is 4.79 Å². The number of ketones is 1. The first-order valence-corrected chi connectivity index (χ1v) is 4.37. The third-order valence-corrected chi connectivity index (χ3v) is 2.55. The molecule has 0 aromatic carbocycles. The molecule has 2 aliphatic rings. The van der Waals surface area contributed by atoms with Gasteiger partial charge in [-0.2, -0.15) is 0 Å². The van der Waals surface area contributed by atoms with Crippen LogP contribution in [0.2, 0.25) is 0 Å². The lowest BCUT2D eigenvalue weighted by molar-refractivity contribution is -0.414. The Balaban J connectivity index is 2.52. The summed E-state index contributed by atoms with van der Waals surface area (Å²) in [5, 5.41) is 0. The van der Waals surface area contributed by atoms with Gasteiger partial charge >= 0.3 is 0 Å². The van der Waals surface area contributed by atoms with Gasteiger partial charge in [-0.15, -0.1) is 0 Å². The van der Waals surface area contributed by atoms with E-state index in [1.807, 2.05) is 0 Å². The highest BCUT2D eigenvalue weighted by Gasteiger charge is 2.34. The second kappa shape index (κ2) is 2.48. The first kappa shape index (κ1) is 7.61. The van der Waals surface area contributed by atoms with Crippen molar-refractivity contribution in [2.45, 2.75) is 4.83 Å². The van der Waals surface area contributed by atoms with Crippen LogP contribution in [-0.4, -0.2) is 15.4 Å². The minimum absolute atomic E-state index is 0.0536. The van der Waals surface area contributed by atoms with Crippen molar-refractivity contribution >= 4 is 21.7 Å². The van der Waals surface area contributed by atoms with E-state index in [2.05, 4.69) is 15.9 Å². The molecule has 4 heteroatoms. The van der Waals surface area contributed by atoms with Crippen molar-refractivity contribution in [1.29, 1.82) is 0 Å². The standard InChI is InChI=1S/C8H5BrNO2/c9-6-1-2-7-5(8(6)11)3-4-10(7)12/h1-4,6H/q+1. The van der Waals surface area contributed by atoms with Crippen molar-refractivity contribution in [2.75, 3.05) is 0 Å². The Morgan fingerprint density at radius 3 is 2.92 bits per heavy atom. The molecule has 60 valence electrons. The highest BCUT2D eigenvalue weighted by atomic mass is 79.9. The van der Waals surface area contributed by atoms with E-state index in [0.717, 1.165) is 0 Å². The fourth-order valence-electron chi connectivity index (χ4n) is 1.21. The third-order valence-electron chi connectivity index (χ3n) is 1.83. The summed E-state index contributed by atoms with van der Waals surface area (Å²) in [6, 6.07) is 0. The Morgan fingerprint density at radius 2 is 2.17 bits per heavy atom. The average Bonchev–Trinajstić information content (AvgIpc) is 2.41. The quantitative estimate of drug-likeness (QED) is 0.464. The summed E-state index contributed by atoms with van der Waals surface area (Å²) in [5.74, 6) is -0.0536. The molecule has 0 saturated heterocycles. The Hall–Kier alpha value is -1.03. The van der Waals surface area contributed by atoms with Gasteiger partial charge in [0.05, 0.1) is 9.59 Å². The van der Waals surface area contributed by atoms with Crippen molar-refractivity contribution in [1.82, 2.24) is 0 Å². The molecule has 0 amide bonds. The lowest BCUT2D eigenvalue weighted by Crippen LogP contribution is -2.17. The number of nitroso groups, excluding NO2 is 1. The second-order valence-corrected chi connectivity index (χ2v) is 3.55. The molecule has 1 atom stereocenters. The molecular weight excluding hydrogens is 222 g/mol. The molecule has 3 nitrogen and oxygen atoms in total. The number of carbonyl (C=O) groups excluding carboxylic acids is 1. The summed E-state index contributed by atoms with van der Waals surface area (Å²) in [5.41, 5.74) is 0.935. The monoisotopic (exact) mass is 226 g/mol. The van der Waals surface area contributed by atoms with Gasteiger partial charge in [0.2, 0.25) is 6.20 Å². The van der Waals surface area contributed by atoms with Gasteiger partial charge in [-0.1, -0.05) is 22.0 Å². The molecule has 1 heterocycles. The molecule has 1 aliphatic carbocycles. The molecular formula is C8H5BrNO2+. The number of allylic oxidation sites excluding steroid dienone is 4. The molecule has 0 aromatic rings. The van der Waals surface area contributed by atoms with Crippen LogP contribution in [0.25, 0.3) is 0 Å². The third kappa shape index (κ3) is 0.914. The highest BCUT2D eigenvalue weighted by Crippen LogP contribution is 2.25. The molecule has 2 rings (SSSR count). The maximum absolute atomic E-state index is 11.4. The zero-order valence-corrected chi connectivity index (χ0v) is 7.61. The van der Waals surface area contributed by atoms with E-state index in [9.17, 15) is 9.70 Å². The van der Waals surface area contributed by atoms with Crippen LogP contribution in [0.1, 0.15) is 0 Å². The lowest BCUT2D eigenvalue weighted by atomic mass is 10.0. The number of hydrogen-bond acceptors (Lipinski definition) is 2. The Kier molecular flexibility index (Phi) is 1.58. The van der Waals surface area contributed by atoms with E-state index in [1.54, 1.807) is 18.2 Å². The Morgan fingerprint density at radius 1 is 1.42 bits per heavy atom. The molecule has 0 fully saturated rings. The summed E-state index contributed by atoms with van der Waals surface area (Å²) >= 11 is 3.19. The highest BCUT2D eigenvalue weighted by molar-refractivity contribution is 9.10. The predicted molar refractivity (Wildman–Crippen MR) is 46.7 cm³/mol. The fraction of sp³-hybridized carbons (Fsp3) is 0.125. The SMILES string of the molecule is O=C1C2=C(C=CC1Br)[N+](=O)C=C2.